The maximum absolute atomic E-state index is 4.83. The zero-order valence-corrected chi connectivity index (χ0v) is 10.7. The molecule has 0 atom stereocenters. The number of aromatic nitrogens is 1. The molecule has 1 aromatic heterocycles. The number of piperidine rings is 1. The fourth-order valence-electron chi connectivity index (χ4n) is 2.53. The van der Waals surface area contributed by atoms with Gasteiger partial charge in [-0.25, -0.2) is 4.98 Å². The summed E-state index contributed by atoms with van der Waals surface area (Å²) in [6.07, 6.45) is 5.20. The van der Waals surface area contributed by atoms with E-state index in [0.717, 1.165) is 19.5 Å². The summed E-state index contributed by atoms with van der Waals surface area (Å²) < 4.78 is 0. The topological polar surface area (TPSA) is 19.4 Å². The number of nitrogens with zero attached hydrogens (tertiary/aromatic N) is 3. The van der Waals surface area contributed by atoms with Gasteiger partial charge in [0.2, 0.25) is 0 Å². The fourth-order valence-corrected chi connectivity index (χ4v) is 3.77. The second-order valence-corrected chi connectivity index (χ2v) is 5.96. The standard InChI is InChI=1S/C12H19N3S/c1-14-8-5-10-11(9-14)16-12(13-10)15-6-3-2-4-7-15/h2-9H2,1H3. The van der Waals surface area contributed by atoms with Crippen molar-refractivity contribution in [3.05, 3.63) is 10.6 Å². The largest absolute Gasteiger partial charge is 0.348 e. The monoisotopic (exact) mass is 237 g/mol. The number of fused-ring (bicyclic) bond motifs is 1. The molecule has 3 heterocycles. The van der Waals surface area contributed by atoms with Crippen molar-refractivity contribution >= 4 is 16.5 Å². The van der Waals surface area contributed by atoms with Gasteiger partial charge in [-0.3, -0.25) is 0 Å². The molecule has 0 unspecified atom stereocenters. The van der Waals surface area contributed by atoms with E-state index in [1.54, 1.807) is 0 Å². The summed E-state index contributed by atoms with van der Waals surface area (Å²) in [6, 6.07) is 0. The van der Waals surface area contributed by atoms with Crippen molar-refractivity contribution in [1.29, 1.82) is 0 Å². The maximum atomic E-state index is 4.83. The van der Waals surface area contributed by atoms with E-state index in [4.69, 9.17) is 4.98 Å². The number of rotatable bonds is 1. The second kappa shape index (κ2) is 4.34. The summed E-state index contributed by atoms with van der Waals surface area (Å²) in [5.41, 5.74) is 1.36. The van der Waals surface area contributed by atoms with E-state index in [-0.39, 0.29) is 0 Å². The Morgan fingerprint density at radius 2 is 1.94 bits per heavy atom. The molecule has 0 N–H and O–H groups in total. The lowest BCUT2D eigenvalue weighted by molar-refractivity contribution is 0.314. The Balaban J connectivity index is 1.80. The molecule has 0 saturated carbocycles. The van der Waals surface area contributed by atoms with Gasteiger partial charge in [-0.1, -0.05) is 0 Å². The molecule has 1 aromatic rings. The minimum Gasteiger partial charge on any atom is -0.348 e. The summed E-state index contributed by atoms with van der Waals surface area (Å²) in [4.78, 5) is 11.2. The van der Waals surface area contributed by atoms with Gasteiger partial charge in [0.25, 0.3) is 0 Å². The van der Waals surface area contributed by atoms with Crippen molar-refractivity contribution < 1.29 is 0 Å². The van der Waals surface area contributed by atoms with Crippen LogP contribution in [0.2, 0.25) is 0 Å². The first-order valence-electron chi connectivity index (χ1n) is 6.25. The van der Waals surface area contributed by atoms with Crippen molar-refractivity contribution in [3.8, 4) is 0 Å². The third kappa shape index (κ3) is 1.96. The number of hydrogen-bond donors (Lipinski definition) is 0. The Hall–Kier alpha value is -0.610. The molecule has 3 nitrogen and oxygen atoms in total. The van der Waals surface area contributed by atoms with Crippen LogP contribution in [0.3, 0.4) is 0 Å². The molecule has 0 spiro atoms. The summed E-state index contributed by atoms with van der Waals surface area (Å²) in [5.74, 6) is 0. The van der Waals surface area contributed by atoms with Crippen molar-refractivity contribution in [2.45, 2.75) is 32.2 Å². The number of thiazole rings is 1. The quantitative estimate of drug-likeness (QED) is 0.746. The number of likely N-dealkylation sites (N-methyl/N-ethyl adjacent to an activating group) is 1. The smallest absolute Gasteiger partial charge is 0.185 e. The van der Waals surface area contributed by atoms with Gasteiger partial charge in [0.1, 0.15) is 0 Å². The average molecular weight is 237 g/mol. The van der Waals surface area contributed by atoms with Crippen LogP contribution in [0.25, 0.3) is 0 Å². The molecule has 16 heavy (non-hydrogen) atoms. The second-order valence-electron chi connectivity index (χ2n) is 4.90. The van der Waals surface area contributed by atoms with E-state index < -0.39 is 0 Å². The zero-order valence-electron chi connectivity index (χ0n) is 9.91. The van der Waals surface area contributed by atoms with Gasteiger partial charge >= 0.3 is 0 Å². The van der Waals surface area contributed by atoms with Gasteiger partial charge in [0.15, 0.2) is 5.13 Å². The van der Waals surface area contributed by atoms with Crippen LogP contribution < -0.4 is 4.90 Å². The van der Waals surface area contributed by atoms with Crippen molar-refractivity contribution in [1.82, 2.24) is 9.88 Å². The Morgan fingerprint density at radius 1 is 1.12 bits per heavy atom. The highest BCUT2D eigenvalue weighted by Gasteiger charge is 2.21. The molecule has 0 radical (unpaired) electrons. The average Bonchev–Trinajstić information content (AvgIpc) is 2.73. The first-order chi connectivity index (χ1) is 7.83. The Kier molecular flexibility index (Phi) is 2.86. The molecule has 4 heteroatoms. The molecule has 1 fully saturated rings. The molecule has 2 aliphatic heterocycles. The lowest BCUT2D eigenvalue weighted by atomic mass is 10.1. The van der Waals surface area contributed by atoms with Crippen molar-refractivity contribution in [2.24, 2.45) is 0 Å². The van der Waals surface area contributed by atoms with Crippen LogP contribution in [0.1, 0.15) is 29.8 Å². The maximum Gasteiger partial charge on any atom is 0.185 e. The first-order valence-corrected chi connectivity index (χ1v) is 7.06. The van der Waals surface area contributed by atoms with Crippen LogP contribution in [-0.2, 0) is 13.0 Å². The molecule has 3 rings (SSSR count). The number of hydrogen-bond acceptors (Lipinski definition) is 4. The molecule has 0 aliphatic carbocycles. The van der Waals surface area contributed by atoms with E-state index in [2.05, 4.69) is 16.8 Å². The first kappa shape index (κ1) is 10.5. The molecule has 0 bridgehead atoms. The highest BCUT2D eigenvalue weighted by atomic mass is 32.1. The summed E-state index contributed by atoms with van der Waals surface area (Å²) in [6.45, 7) is 4.68. The van der Waals surface area contributed by atoms with Gasteiger partial charge in [0.05, 0.1) is 5.69 Å². The van der Waals surface area contributed by atoms with E-state index in [1.165, 1.54) is 48.1 Å². The summed E-state index contributed by atoms with van der Waals surface area (Å²) >= 11 is 1.92. The SMILES string of the molecule is CN1CCc2nc(N3CCCCC3)sc2C1. The third-order valence-corrected chi connectivity index (χ3v) is 4.68. The lowest BCUT2D eigenvalue weighted by Crippen LogP contribution is -2.29. The number of anilines is 1. The van der Waals surface area contributed by atoms with Crippen molar-refractivity contribution in [3.63, 3.8) is 0 Å². The highest BCUT2D eigenvalue weighted by Crippen LogP contribution is 2.31. The zero-order chi connectivity index (χ0) is 11.0. The highest BCUT2D eigenvalue weighted by molar-refractivity contribution is 7.15. The molecule has 0 amide bonds. The Morgan fingerprint density at radius 3 is 2.75 bits per heavy atom. The van der Waals surface area contributed by atoms with Gasteiger partial charge < -0.3 is 9.80 Å². The van der Waals surface area contributed by atoms with Gasteiger partial charge in [0, 0.05) is 37.5 Å². The Labute approximate surface area is 101 Å². The molecule has 88 valence electrons. The predicted molar refractivity (Wildman–Crippen MR) is 68.2 cm³/mol. The predicted octanol–water partition coefficient (Wildman–Crippen LogP) is 2.12. The molecule has 1 saturated heterocycles. The lowest BCUT2D eigenvalue weighted by Gasteiger charge is -2.25. The minimum atomic E-state index is 1.10. The van der Waals surface area contributed by atoms with E-state index >= 15 is 0 Å². The van der Waals surface area contributed by atoms with Crippen LogP contribution in [0.4, 0.5) is 5.13 Å². The Bertz CT molecular complexity index is 368. The van der Waals surface area contributed by atoms with Crippen LogP contribution in [0, 0.1) is 0 Å². The van der Waals surface area contributed by atoms with Crippen molar-refractivity contribution in [2.75, 3.05) is 31.6 Å². The van der Waals surface area contributed by atoms with Crippen LogP contribution in [-0.4, -0.2) is 36.6 Å². The summed E-state index contributed by atoms with van der Waals surface area (Å²) in [5, 5.41) is 1.28. The molecule has 2 aliphatic rings. The van der Waals surface area contributed by atoms with Gasteiger partial charge in [-0.2, -0.15) is 0 Å². The van der Waals surface area contributed by atoms with Crippen LogP contribution >= 0.6 is 11.3 Å². The minimum absolute atomic E-state index is 1.10. The molecule has 0 aromatic carbocycles. The van der Waals surface area contributed by atoms with Gasteiger partial charge in [-0.15, -0.1) is 11.3 Å². The third-order valence-electron chi connectivity index (χ3n) is 3.54. The van der Waals surface area contributed by atoms with Crippen LogP contribution in [0.15, 0.2) is 0 Å². The van der Waals surface area contributed by atoms with Crippen LogP contribution in [0.5, 0.6) is 0 Å². The van der Waals surface area contributed by atoms with Gasteiger partial charge in [-0.05, 0) is 26.3 Å². The molecular formula is C12H19N3S. The van der Waals surface area contributed by atoms with E-state index in [0.29, 0.717) is 0 Å². The fraction of sp³-hybridized carbons (Fsp3) is 0.750. The normalized spacial score (nSPS) is 22.2. The van der Waals surface area contributed by atoms with E-state index in [1.807, 2.05) is 11.3 Å². The summed E-state index contributed by atoms with van der Waals surface area (Å²) in [7, 11) is 2.20. The van der Waals surface area contributed by atoms with E-state index in [9.17, 15) is 0 Å². The molecular weight excluding hydrogens is 218 g/mol.